The van der Waals surface area contributed by atoms with Crippen molar-refractivity contribution in [1.29, 1.82) is 0 Å². The van der Waals surface area contributed by atoms with E-state index in [1.165, 1.54) is 0 Å². The van der Waals surface area contributed by atoms with Gasteiger partial charge in [-0.1, -0.05) is 0 Å². The molecule has 6 heteroatoms. The molecule has 0 saturated carbocycles. The Morgan fingerprint density at radius 2 is 1.93 bits per heavy atom. The molecule has 15 heavy (non-hydrogen) atoms. The fourth-order valence-electron chi connectivity index (χ4n) is 1.05. The van der Waals surface area contributed by atoms with Crippen LogP contribution in [-0.2, 0) is 9.30 Å². The molecule has 0 aromatic heterocycles. The van der Waals surface area contributed by atoms with E-state index in [-0.39, 0.29) is 11.4 Å². The fourth-order valence-corrected chi connectivity index (χ4v) is 1.98. The Bertz CT molecular complexity index is 337. The first-order chi connectivity index (χ1) is 6.99. The number of ether oxygens (including phenoxy) is 1. The second-order valence-corrected chi connectivity index (χ2v) is 5.99. The van der Waals surface area contributed by atoms with Gasteiger partial charge in [-0.2, -0.15) is 0 Å². The molecule has 2 N–H and O–H groups in total. The minimum atomic E-state index is -4.04. The second-order valence-electron chi connectivity index (χ2n) is 3.09. The van der Waals surface area contributed by atoms with Crippen molar-refractivity contribution in [2.45, 2.75) is 4.82 Å². The first-order valence-corrected chi connectivity index (χ1v) is 7.22. The topological polar surface area (TPSA) is 66.8 Å². The van der Waals surface area contributed by atoms with Crippen LogP contribution in [0.4, 0.5) is 0 Å². The van der Waals surface area contributed by atoms with Gasteiger partial charge in [0.25, 0.3) is 0 Å². The summed E-state index contributed by atoms with van der Waals surface area (Å²) in [5.74, 6) is 0. The Kier molecular flexibility index (Phi) is 5.00. The number of rotatable bonds is 5. The predicted octanol–water partition coefficient (Wildman–Crippen LogP) is 0.780. The molecule has 1 unspecified atom stereocenters. The maximum absolute atomic E-state index is 10.5. The predicted molar refractivity (Wildman–Crippen MR) is 59.2 cm³/mol. The van der Waals surface area contributed by atoms with E-state index in [0.29, 0.717) is 0 Å². The van der Waals surface area contributed by atoms with Gasteiger partial charge in [-0.15, -0.1) is 0 Å². The summed E-state index contributed by atoms with van der Waals surface area (Å²) >= 11 is 2.43. The van der Waals surface area contributed by atoms with Crippen molar-refractivity contribution in [3.63, 3.8) is 0 Å². The van der Waals surface area contributed by atoms with Crippen LogP contribution in [0.2, 0.25) is 0 Å². The van der Waals surface area contributed by atoms with E-state index in [1.807, 2.05) is 30.3 Å². The molecule has 0 heterocycles. The van der Waals surface area contributed by atoms with Crippen LogP contribution in [0.3, 0.4) is 0 Å². The second kappa shape index (κ2) is 5.80. The van der Waals surface area contributed by atoms with Crippen molar-refractivity contribution in [3.8, 4) is 0 Å². The van der Waals surface area contributed by atoms with Crippen molar-refractivity contribution < 1.29 is 19.1 Å². The van der Waals surface area contributed by atoms with E-state index in [1.54, 1.807) is 0 Å². The van der Waals surface area contributed by atoms with Crippen molar-refractivity contribution in [2.24, 2.45) is 0 Å². The Morgan fingerprint density at radius 3 is 2.47 bits per heavy atom. The van der Waals surface area contributed by atoms with Gasteiger partial charge in [0.05, 0.1) is 0 Å². The van der Waals surface area contributed by atoms with Crippen molar-refractivity contribution >= 4 is 23.6 Å². The summed E-state index contributed by atoms with van der Waals surface area (Å²) in [6, 6.07) is 9.64. The van der Waals surface area contributed by atoms with Gasteiger partial charge in [0, 0.05) is 0 Å². The molecule has 1 atom stereocenters. The van der Waals surface area contributed by atoms with Crippen molar-refractivity contribution in [3.05, 3.63) is 35.9 Å². The molecule has 0 amide bonds. The summed E-state index contributed by atoms with van der Waals surface area (Å²) in [7, 11) is -4.04. The van der Waals surface area contributed by atoms with Gasteiger partial charge in [-0.05, 0) is 0 Å². The van der Waals surface area contributed by atoms with Gasteiger partial charge < -0.3 is 0 Å². The van der Waals surface area contributed by atoms with Crippen LogP contribution in [-0.4, -0.2) is 38.8 Å². The van der Waals surface area contributed by atoms with E-state index in [2.05, 4.69) is 16.0 Å². The van der Waals surface area contributed by atoms with Gasteiger partial charge in [-0.25, -0.2) is 0 Å². The number of hydrogen-bond donors (Lipinski definition) is 2. The minimum absolute atomic E-state index is 0.0743. The van der Waals surface area contributed by atoms with Crippen LogP contribution in [0.25, 0.3) is 0 Å². The molecular weight excluding hydrogens is 282 g/mol. The van der Waals surface area contributed by atoms with Gasteiger partial charge in [0.15, 0.2) is 0 Å². The number of benzene rings is 1. The van der Waals surface area contributed by atoms with Crippen LogP contribution >= 0.6 is 7.60 Å². The van der Waals surface area contributed by atoms with Gasteiger partial charge in [0.1, 0.15) is 0 Å². The SMILES string of the molecule is O=P(O)(O)COCC([SeH])c1ccccc1. The third-order valence-electron chi connectivity index (χ3n) is 1.72. The zero-order valence-electron chi connectivity index (χ0n) is 7.98. The molecule has 84 valence electrons. The summed E-state index contributed by atoms with van der Waals surface area (Å²) in [6.45, 7) is 0.287. The van der Waals surface area contributed by atoms with E-state index in [0.717, 1.165) is 5.56 Å². The Labute approximate surface area is 96.6 Å². The summed E-state index contributed by atoms with van der Waals surface area (Å²) in [5.41, 5.74) is 1.07. The van der Waals surface area contributed by atoms with E-state index < -0.39 is 13.9 Å². The van der Waals surface area contributed by atoms with Crippen LogP contribution in [0.1, 0.15) is 10.4 Å². The van der Waals surface area contributed by atoms with E-state index in [4.69, 9.17) is 14.5 Å². The molecule has 0 bridgehead atoms. The number of hydrogen-bond acceptors (Lipinski definition) is 2. The molecule has 0 radical (unpaired) electrons. The maximum atomic E-state index is 10.5. The molecule has 0 aliphatic carbocycles. The van der Waals surface area contributed by atoms with E-state index in [9.17, 15) is 4.57 Å². The van der Waals surface area contributed by atoms with Crippen LogP contribution < -0.4 is 0 Å². The van der Waals surface area contributed by atoms with Gasteiger partial charge in [0.2, 0.25) is 0 Å². The third kappa shape index (κ3) is 5.47. The molecule has 0 fully saturated rings. The average Bonchev–Trinajstić information content (AvgIpc) is 2.17. The zero-order chi connectivity index (χ0) is 11.3. The summed E-state index contributed by atoms with van der Waals surface area (Å²) < 4.78 is 15.4. The zero-order valence-corrected chi connectivity index (χ0v) is 10.8. The molecule has 0 saturated heterocycles. The Balaban J connectivity index is 2.37. The first kappa shape index (κ1) is 12.9. The standard InChI is InChI=1S/C9H13O4PSe/c10-14(11,12)7-13-6-9(15)8-4-2-1-3-5-8/h1-5,9,15H,6-7H2,(H2,10,11,12). The van der Waals surface area contributed by atoms with Crippen molar-refractivity contribution in [2.75, 3.05) is 13.0 Å². The average molecular weight is 295 g/mol. The molecule has 0 aliphatic heterocycles. The molecule has 1 aromatic carbocycles. The molecule has 1 rings (SSSR count). The van der Waals surface area contributed by atoms with Crippen LogP contribution in [0, 0.1) is 0 Å². The van der Waals surface area contributed by atoms with Gasteiger partial charge >= 0.3 is 96.4 Å². The molecular formula is C9H13O4PSe. The quantitative estimate of drug-likeness (QED) is 0.622. The molecule has 1 aromatic rings. The summed E-state index contributed by atoms with van der Waals surface area (Å²) in [5, 5.41) is 0. The first-order valence-electron chi connectivity index (χ1n) is 4.34. The summed E-state index contributed by atoms with van der Waals surface area (Å²) in [6.07, 6.45) is -0.520. The van der Waals surface area contributed by atoms with Crippen molar-refractivity contribution in [1.82, 2.24) is 0 Å². The fraction of sp³-hybridized carbons (Fsp3) is 0.333. The van der Waals surface area contributed by atoms with Crippen LogP contribution in [0.15, 0.2) is 30.3 Å². The van der Waals surface area contributed by atoms with Crippen LogP contribution in [0.5, 0.6) is 0 Å². The Morgan fingerprint density at radius 1 is 1.33 bits per heavy atom. The molecule has 0 aliphatic rings. The molecule has 4 nitrogen and oxygen atoms in total. The summed E-state index contributed by atoms with van der Waals surface area (Å²) in [4.78, 5) is 17.2. The van der Waals surface area contributed by atoms with E-state index >= 15 is 0 Å². The normalized spacial score (nSPS) is 13.8. The van der Waals surface area contributed by atoms with Gasteiger partial charge in [-0.3, -0.25) is 0 Å². The molecule has 0 spiro atoms. The third-order valence-corrected chi connectivity index (χ3v) is 3.18. The Hall–Kier alpha value is -0.151. The monoisotopic (exact) mass is 296 g/mol.